The minimum Gasteiger partial charge on any atom is -0.235 e. The largest absolute Gasteiger partial charge is 0.235 e. The van der Waals surface area contributed by atoms with Gasteiger partial charge in [0.2, 0.25) is 0 Å². The lowest BCUT2D eigenvalue weighted by molar-refractivity contribution is 0.559. The zero-order valence-electron chi connectivity index (χ0n) is 12.6. The van der Waals surface area contributed by atoms with Gasteiger partial charge in [-0.05, 0) is 41.1 Å². The number of hydrogen-bond acceptors (Lipinski definition) is 3. The standard InChI is InChI=1S/C16H18ClIN2S/c1-10-7-5-6-8-11(10)21-9-12-19-14(16(2,3)4)13(18)15(17)20-12/h5-8H,9H2,1-4H3. The van der Waals surface area contributed by atoms with Crippen LogP contribution in [0, 0.1) is 10.5 Å². The van der Waals surface area contributed by atoms with Gasteiger partial charge in [0, 0.05) is 10.3 Å². The molecule has 1 aromatic carbocycles. The van der Waals surface area contributed by atoms with Crippen LogP contribution in [0.3, 0.4) is 0 Å². The number of hydrogen-bond donors (Lipinski definition) is 0. The lowest BCUT2D eigenvalue weighted by atomic mass is 9.92. The Balaban J connectivity index is 2.26. The van der Waals surface area contributed by atoms with Crippen molar-refractivity contribution in [3.8, 4) is 0 Å². The fourth-order valence-electron chi connectivity index (χ4n) is 1.89. The molecule has 0 aliphatic heterocycles. The van der Waals surface area contributed by atoms with Crippen molar-refractivity contribution in [1.29, 1.82) is 0 Å². The van der Waals surface area contributed by atoms with E-state index in [4.69, 9.17) is 16.6 Å². The van der Waals surface area contributed by atoms with Gasteiger partial charge in [-0.25, -0.2) is 9.97 Å². The van der Waals surface area contributed by atoms with E-state index in [1.165, 1.54) is 10.5 Å². The van der Waals surface area contributed by atoms with Crippen LogP contribution in [0.25, 0.3) is 0 Å². The van der Waals surface area contributed by atoms with E-state index in [2.05, 4.69) is 79.5 Å². The van der Waals surface area contributed by atoms with E-state index in [9.17, 15) is 0 Å². The van der Waals surface area contributed by atoms with Gasteiger partial charge in [0.1, 0.15) is 11.0 Å². The minimum atomic E-state index is -0.0365. The van der Waals surface area contributed by atoms with Crippen molar-refractivity contribution in [3.05, 3.63) is 50.1 Å². The van der Waals surface area contributed by atoms with E-state index in [0.717, 1.165) is 20.8 Å². The van der Waals surface area contributed by atoms with Crippen LogP contribution in [0.4, 0.5) is 0 Å². The summed E-state index contributed by atoms with van der Waals surface area (Å²) in [6.45, 7) is 8.55. The van der Waals surface area contributed by atoms with Crippen molar-refractivity contribution in [2.75, 3.05) is 0 Å². The molecule has 2 rings (SSSR count). The molecule has 0 amide bonds. The molecule has 0 unspecified atom stereocenters. The summed E-state index contributed by atoms with van der Waals surface area (Å²) in [6.07, 6.45) is 0. The molecule has 5 heteroatoms. The van der Waals surface area contributed by atoms with Crippen LogP contribution < -0.4 is 0 Å². The van der Waals surface area contributed by atoms with E-state index in [0.29, 0.717) is 5.15 Å². The van der Waals surface area contributed by atoms with Gasteiger partial charge in [-0.2, -0.15) is 0 Å². The van der Waals surface area contributed by atoms with Gasteiger partial charge in [0.25, 0.3) is 0 Å². The average Bonchev–Trinajstić information content (AvgIpc) is 2.40. The summed E-state index contributed by atoms with van der Waals surface area (Å²) in [7, 11) is 0. The number of halogens is 2. The molecule has 0 atom stereocenters. The highest BCUT2D eigenvalue weighted by atomic mass is 127. The van der Waals surface area contributed by atoms with Gasteiger partial charge < -0.3 is 0 Å². The first kappa shape index (κ1) is 17.0. The second kappa shape index (κ2) is 6.84. The number of benzene rings is 1. The molecule has 21 heavy (non-hydrogen) atoms. The predicted octanol–water partition coefficient (Wildman–Crippen LogP) is 5.63. The van der Waals surface area contributed by atoms with Crippen LogP contribution in [0.1, 0.15) is 37.9 Å². The minimum absolute atomic E-state index is 0.0365. The number of rotatable bonds is 3. The SMILES string of the molecule is Cc1ccccc1SCc1nc(Cl)c(I)c(C(C)(C)C)n1. The van der Waals surface area contributed by atoms with E-state index in [1.54, 1.807) is 11.8 Å². The average molecular weight is 433 g/mol. The molecule has 2 nitrogen and oxygen atoms in total. The van der Waals surface area contributed by atoms with Crippen molar-refractivity contribution in [2.24, 2.45) is 0 Å². The molecule has 1 aromatic heterocycles. The summed E-state index contributed by atoms with van der Waals surface area (Å²) in [5.74, 6) is 1.52. The van der Waals surface area contributed by atoms with Crippen molar-refractivity contribution < 1.29 is 0 Å². The Bertz CT molecular complexity index is 653. The molecule has 0 radical (unpaired) electrons. The second-order valence-corrected chi connectivity index (χ2v) is 8.35. The quantitative estimate of drug-likeness (QED) is 0.357. The highest BCUT2D eigenvalue weighted by Crippen LogP contribution is 2.31. The molecule has 0 aliphatic rings. The van der Waals surface area contributed by atoms with E-state index in [-0.39, 0.29) is 5.41 Å². The first-order valence-corrected chi connectivity index (χ1v) is 9.14. The summed E-state index contributed by atoms with van der Waals surface area (Å²) in [5, 5.41) is 0.552. The molecule has 0 bridgehead atoms. The second-order valence-electron chi connectivity index (χ2n) is 5.90. The lowest BCUT2D eigenvalue weighted by Crippen LogP contribution is -2.18. The Morgan fingerprint density at radius 1 is 1.19 bits per heavy atom. The smallest absolute Gasteiger partial charge is 0.146 e. The maximum Gasteiger partial charge on any atom is 0.146 e. The summed E-state index contributed by atoms with van der Waals surface area (Å²) in [5.41, 5.74) is 2.25. The Kier molecular flexibility index (Phi) is 5.54. The molecular formula is C16H18ClIN2S. The Labute approximate surface area is 149 Å². The Hall–Kier alpha value is -0.330. The van der Waals surface area contributed by atoms with Crippen LogP contribution in [0.2, 0.25) is 5.15 Å². The summed E-state index contributed by atoms with van der Waals surface area (Å²) >= 11 is 10.2. The molecule has 0 aliphatic carbocycles. The van der Waals surface area contributed by atoms with Crippen LogP contribution in [0.15, 0.2) is 29.2 Å². The van der Waals surface area contributed by atoms with E-state index in [1.807, 2.05) is 0 Å². The number of nitrogens with zero attached hydrogens (tertiary/aromatic N) is 2. The zero-order chi connectivity index (χ0) is 15.6. The molecular weight excluding hydrogens is 415 g/mol. The molecule has 0 saturated carbocycles. The summed E-state index contributed by atoms with van der Waals surface area (Å²) in [4.78, 5) is 10.4. The summed E-state index contributed by atoms with van der Waals surface area (Å²) < 4.78 is 0.950. The highest BCUT2D eigenvalue weighted by Gasteiger charge is 2.22. The molecule has 0 saturated heterocycles. The van der Waals surface area contributed by atoms with Gasteiger partial charge in [-0.15, -0.1) is 11.8 Å². The fraction of sp³-hybridized carbons (Fsp3) is 0.375. The third-order valence-electron chi connectivity index (χ3n) is 3.02. The van der Waals surface area contributed by atoms with Crippen molar-refractivity contribution >= 4 is 46.0 Å². The third-order valence-corrected chi connectivity index (χ3v) is 5.80. The molecule has 1 heterocycles. The molecule has 0 N–H and O–H groups in total. The first-order chi connectivity index (χ1) is 9.79. The van der Waals surface area contributed by atoms with Crippen LogP contribution >= 0.6 is 46.0 Å². The van der Waals surface area contributed by atoms with E-state index < -0.39 is 0 Å². The highest BCUT2D eigenvalue weighted by molar-refractivity contribution is 14.1. The van der Waals surface area contributed by atoms with Crippen molar-refractivity contribution in [2.45, 2.75) is 43.8 Å². The van der Waals surface area contributed by atoms with Gasteiger partial charge in [0.15, 0.2) is 0 Å². The Morgan fingerprint density at radius 3 is 2.48 bits per heavy atom. The molecule has 112 valence electrons. The third kappa shape index (κ3) is 4.33. The predicted molar refractivity (Wildman–Crippen MR) is 99.2 cm³/mol. The van der Waals surface area contributed by atoms with Crippen LogP contribution in [-0.4, -0.2) is 9.97 Å². The Morgan fingerprint density at radius 2 is 1.86 bits per heavy atom. The van der Waals surface area contributed by atoms with Crippen LogP contribution in [-0.2, 0) is 11.2 Å². The number of aromatic nitrogens is 2. The van der Waals surface area contributed by atoms with Gasteiger partial charge >= 0.3 is 0 Å². The topological polar surface area (TPSA) is 25.8 Å². The molecule has 0 spiro atoms. The number of aryl methyl sites for hydroxylation is 1. The van der Waals surface area contributed by atoms with Gasteiger partial charge in [-0.1, -0.05) is 50.6 Å². The monoisotopic (exact) mass is 432 g/mol. The van der Waals surface area contributed by atoms with Gasteiger partial charge in [-0.3, -0.25) is 0 Å². The normalized spacial score (nSPS) is 11.7. The lowest BCUT2D eigenvalue weighted by Gasteiger charge is -2.20. The van der Waals surface area contributed by atoms with Gasteiger partial charge in [0.05, 0.1) is 15.0 Å². The maximum absolute atomic E-state index is 6.27. The van der Waals surface area contributed by atoms with E-state index >= 15 is 0 Å². The van der Waals surface area contributed by atoms with Crippen molar-refractivity contribution in [3.63, 3.8) is 0 Å². The summed E-state index contributed by atoms with van der Waals surface area (Å²) in [6, 6.07) is 8.34. The maximum atomic E-state index is 6.27. The van der Waals surface area contributed by atoms with Crippen molar-refractivity contribution in [1.82, 2.24) is 9.97 Å². The number of thioether (sulfide) groups is 1. The first-order valence-electron chi connectivity index (χ1n) is 6.70. The zero-order valence-corrected chi connectivity index (χ0v) is 16.3. The molecule has 2 aromatic rings. The fourth-order valence-corrected chi connectivity index (χ4v) is 4.01. The molecule has 0 fully saturated rings. The van der Waals surface area contributed by atoms with Crippen LogP contribution in [0.5, 0.6) is 0 Å².